The predicted molar refractivity (Wildman–Crippen MR) is 95.1 cm³/mol. The van der Waals surface area contributed by atoms with E-state index in [9.17, 15) is 4.79 Å². The summed E-state index contributed by atoms with van der Waals surface area (Å²) in [5.74, 6) is -0.195. The van der Waals surface area contributed by atoms with Crippen LogP contribution in [0.2, 0.25) is 0 Å². The van der Waals surface area contributed by atoms with E-state index in [0.29, 0.717) is 24.2 Å². The lowest BCUT2D eigenvalue weighted by Gasteiger charge is -2.25. The molecule has 1 atom stereocenters. The second kappa shape index (κ2) is 7.74. The Morgan fingerprint density at radius 2 is 2.16 bits per heavy atom. The van der Waals surface area contributed by atoms with Gasteiger partial charge in [-0.25, -0.2) is 4.68 Å². The Morgan fingerprint density at radius 1 is 1.40 bits per heavy atom. The highest BCUT2D eigenvalue weighted by Gasteiger charge is 2.22. The van der Waals surface area contributed by atoms with Crippen molar-refractivity contribution in [3.05, 3.63) is 41.5 Å². The van der Waals surface area contributed by atoms with Gasteiger partial charge in [-0.3, -0.25) is 9.78 Å². The van der Waals surface area contributed by atoms with Crippen molar-refractivity contribution in [3.8, 4) is 0 Å². The second-order valence-electron chi connectivity index (χ2n) is 7.00. The molecule has 1 fully saturated rings. The fraction of sp³-hybridized carbons (Fsp3) is 0.556. The third-order valence-corrected chi connectivity index (χ3v) is 4.85. The molecule has 1 amide bonds. The van der Waals surface area contributed by atoms with Gasteiger partial charge in [0.25, 0.3) is 5.91 Å². The molecule has 7 nitrogen and oxygen atoms in total. The summed E-state index contributed by atoms with van der Waals surface area (Å²) >= 11 is 0. The average molecular weight is 342 g/mol. The minimum Gasteiger partial charge on any atom is -0.348 e. The largest absolute Gasteiger partial charge is 0.348 e. The van der Waals surface area contributed by atoms with Gasteiger partial charge < -0.3 is 11.1 Å². The molecule has 2 aromatic rings. The molecule has 0 radical (unpaired) electrons. The van der Waals surface area contributed by atoms with Crippen LogP contribution in [0, 0.1) is 6.92 Å². The highest BCUT2D eigenvalue weighted by molar-refractivity contribution is 5.92. The molecule has 3 N–H and O–H groups in total. The van der Waals surface area contributed by atoms with Crippen molar-refractivity contribution in [1.82, 2.24) is 25.3 Å². The first-order chi connectivity index (χ1) is 12.0. The molecule has 0 spiro atoms. The first kappa shape index (κ1) is 17.5. The second-order valence-corrected chi connectivity index (χ2v) is 7.00. The van der Waals surface area contributed by atoms with E-state index >= 15 is 0 Å². The number of amides is 1. The maximum Gasteiger partial charge on any atom is 0.273 e. The van der Waals surface area contributed by atoms with Gasteiger partial charge in [0.05, 0.1) is 12.2 Å². The van der Waals surface area contributed by atoms with Crippen LogP contribution in [0.4, 0.5) is 0 Å². The molecule has 1 aliphatic carbocycles. The molecule has 7 heteroatoms. The Labute approximate surface area is 148 Å². The fourth-order valence-corrected chi connectivity index (χ4v) is 3.30. The smallest absolute Gasteiger partial charge is 0.273 e. The first-order valence-electron chi connectivity index (χ1n) is 8.91. The molecule has 2 aromatic heterocycles. The Balaban J connectivity index is 1.57. The zero-order valence-corrected chi connectivity index (χ0v) is 14.9. The maximum atomic E-state index is 12.4. The van der Waals surface area contributed by atoms with Crippen LogP contribution in [0.1, 0.15) is 60.4 Å². The van der Waals surface area contributed by atoms with Gasteiger partial charge in [0.15, 0.2) is 5.69 Å². The molecular weight excluding hydrogens is 316 g/mol. The van der Waals surface area contributed by atoms with E-state index in [-0.39, 0.29) is 11.9 Å². The lowest BCUT2D eigenvalue weighted by molar-refractivity contribution is 0.0934. The lowest BCUT2D eigenvalue weighted by atomic mass is 9.92. The third-order valence-electron chi connectivity index (χ3n) is 4.85. The van der Waals surface area contributed by atoms with Gasteiger partial charge in [-0.1, -0.05) is 11.3 Å². The number of hydrogen-bond donors (Lipinski definition) is 2. The molecular formula is C18H26N6O. The van der Waals surface area contributed by atoms with Crippen LogP contribution in [0.3, 0.4) is 0 Å². The van der Waals surface area contributed by atoms with Crippen LogP contribution in [0.25, 0.3) is 0 Å². The van der Waals surface area contributed by atoms with Crippen LogP contribution in [-0.2, 0) is 6.42 Å². The minimum atomic E-state index is -0.195. The summed E-state index contributed by atoms with van der Waals surface area (Å²) < 4.78 is 1.81. The molecule has 0 bridgehead atoms. The number of hydrogen-bond acceptors (Lipinski definition) is 5. The van der Waals surface area contributed by atoms with Crippen molar-refractivity contribution in [2.24, 2.45) is 5.73 Å². The molecule has 0 aliphatic heterocycles. The third kappa shape index (κ3) is 4.42. The van der Waals surface area contributed by atoms with Gasteiger partial charge in [0.2, 0.25) is 0 Å². The van der Waals surface area contributed by atoms with Gasteiger partial charge >= 0.3 is 0 Å². The van der Waals surface area contributed by atoms with E-state index in [2.05, 4.69) is 20.6 Å². The zero-order valence-electron chi connectivity index (χ0n) is 14.9. The number of carbonyl (C=O) groups excluding carboxylic acids is 1. The van der Waals surface area contributed by atoms with Crippen molar-refractivity contribution in [1.29, 1.82) is 0 Å². The van der Waals surface area contributed by atoms with Gasteiger partial charge in [0.1, 0.15) is 0 Å². The summed E-state index contributed by atoms with van der Waals surface area (Å²) in [4.78, 5) is 16.8. The predicted octanol–water partition coefficient (Wildman–Crippen LogP) is 1.78. The van der Waals surface area contributed by atoms with Crippen LogP contribution >= 0.6 is 0 Å². The number of rotatable bonds is 5. The van der Waals surface area contributed by atoms with Crippen LogP contribution in [0.15, 0.2) is 24.5 Å². The van der Waals surface area contributed by atoms with Crippen molar-refractivity contribution in [2.45, 2.75) is 64.1 Å². The molecule has 0 unspecified atom stereocenters. The molecule has 0 aromatic carbocycles. The Morgan fingerprint density at radius 3 is 2.88 bits per heavy atom. The van der Waals surface area contributed by atoms with Gasteiger partial charge in [0, 0.05) is 30.4 Å². The van der Waals surface area contributed by atoms with E-state index in [1.165, 1.54) is 0 Å². The molecule has 2 heterocycles. The average Bonchev–Trinajstić information content (AvgIpc) is 3.08. The van der Waals surface area contributed by atoms with Crippen molar-refractivity contribution in [3.63, 3.8) is 0 Å². The topological polar surface area (TPSA) is 98.7 Å². The Kier molecular flexibility index (Phi) is 5.43. The Hall–Kier alpha value is -2.28. The molecule has 25 heavy (non-hydrogen) atoms. The molecule has 1 saturated carbocycles. The first-order valence-corrected chi connectivity index (χ1v) is 8.91. The lowest BCUT2D eigenvalue weighted by Crippen LogP contribution is -2.34. The number of nitrogens with one attached hydrogen (secondary N) is 1. The molecule has 134 valence electrons. The summed E-state index contributed by atoms with van der Waals surface area (Å²) in [6.45, 7) is 4.00. The minimum absolute atomic E-state index is 0.0288. The van der Waals surface area contributed by atoms with Crippen molar-refractivity contribution in [2.75, 3.05) is 0 Å². The summed E-state index contributed by atoms with van der Waals surface area (Å²) in [7, 11) is 0. The number of nitrogens with zero attached hydrogens (tertiary/aromatic N) is 4. The Bertz CT molecular complexity index is 720. The summed E-state index contributed by atoms with van der Waals surface area (Å²) in [6, 6.07) is 4.50. The number of aromatic nitrogens is 4. The van der Waals surface area contributed by atoms with Crippen molar-refractivity contribution >= 4 is 5.91 Å². The fourth-order valence-electron chi connectivity index (χ4n) is 3.30. The van der Waals surface area contributed by atoms with E-state index < -0.39 is 0 Å². The molecule has 0 saturated heterocycles. The number of nitrogens with two attached hydrogens (primary N) is 1. The standard InChI is InChI=1S/C18H26N6O/c1-12-4-3-9-20-16(12)10-13(2)21-18(25)17-11-24(23-22-17)15-7-5-14(19)6-8-15/h3-4,9,11,13-15H,5-8,10,19H2,1-2H3,(H,21,25)/t13-,14?,15?/m1/s1. The summed E-state index contributed by atoms with van der Waals surface area (Å²) in [5.41, 5.74) is 8.43. The number of pyridine rings is 1. The van der Waals surface area contributed by atoms with E-state index in [4.69, 9.17) is 5.73 Å². The van der Waals surface area contributed by atoms with E-state index in [1.807, 2.05) is 30.7 Å². The normalized spacial score (nSPS) is 21.7. The summed E-state index contributed by atoms with van der Waals surface area (Å²) in [6.07, 6.45) is 8.17. The zero-order chi connectivity index (χ0) is 17.8. The number of aryl methyl sites for hydroxylation is 1. The van der Waals surface area contributed by atoms with E-state index in [0.717, 1.165) is 36.9 Å². The van der Waals surface area contributed by atoms with Crippen LogP contribution < -0.4 is 11.1 Å². The highest BCUT2D eigenvalue weighted by atomic mass is 16.2. The van der Waals surface area contributed by atoms with Crippen LogP contribution in [-0.4, -0.2) is 38.0 Å². The van der Waals surface area contributed by atoms with Gasteiger partial charge in [-0.05, 0) is 51.2 Å². The highest BCUT2D eigenvalue weighted by Crippen LogP contribution is 2.26. The van der Waals surface area contributed by atoms with Crippen molar-refractivity contribution < 1.29 is 4.79 Å². The summed E-state index contributed by atoms with van der Waals surface area (Å²) in [5, 5.41) is 11.2. The number of carbonyl (C=O) groups is 1. The van der Waals surface area contributed by atoms with Gasteiger partial charge in [-0.15, -0.1) is 5.10 Å². The SMILES string of the molecule is Cc1cccnc1C[C@@H](C)NC(=O)c1cn(C2CCC(N)CC2)nn1. The molecule has 1 aliphatic rings. The molecule has 3 rings (SSSR count). The monoisotopic (exact) mass is 342 g/mol. The van der Waals surface area contributed by atoms with E-state index in [1.54, 1.807) is 12.4 Å². The maximum absolute atomic E-state index is 12.4. The van der Waals surface area contributed by atoms with Crippen LogP contribution in [0.5, 0.6) is 0 Å². The van der Waals surface area contributed by atoms with Gasteiger partial charge in [-0.2, -0.15) is 0 Å². The quantitative estimate of drug-likeness (QED) is 0.863.